The summed E-state index contributed by atoms with van der Waals surface area (Å²) >= 11 is 0. The monoisotopic (exact) mass is 1060 g/mol. The zero-order chi connectivity index (χ0) is 54.3. The number of aromatic nitrogens is 5. The Labute approximate surface area is 473 Å². The van der Waals surface area contributed by atoms with Crippen LogP contribution in [-0.4, -0.2) is 24.1 Å². The van der Waals surface area contributed by atoms with Crippen LogP contribution in [0.1, 0.15) is 0 Å². The van der Waals surface area contributed by atoms with Gasteiger partial charge in [0.05, 0.1) is 22.1 Å². The smallest absolute Gasteiger partial charge is 0.238 e. The molecule has 8 nitrogen and oxygen atoms in total. The van der Waals surface area contributed by atoms with E-state index in [9.17, 15) is 0 Å². The van der Waals surface area contributed by atoms with E-state index in [1.54, 1.807) is 0 Å². The second-order valence-electron chi connectivity index (χ2n) is 21.4. The van der Waals surface area contributed by atoms with Crippen LogP contribution >= 0.6 is 0 Å². The molecule has 0 radical (unpaired) electrons. The SMILES string of the molecule is c1ccc(-c2ccc3c(c2)c2ccccc2n3-c2nc(-c3ccc4c(c3)oc3ccccc34)nc(-c3cccc4oc5ccc(-c6ccc(-c7cccc8c9ccccc9n(-c9ccccc9)c78)c7oc8ccccc8c67)cc5c34)n2)cc1. The Morgan fingerprint density at radius 2 is 0.843 bits per heavy atom. The average Bonchev–Trinajstić information content (AvgIpc) is 2.32. The Balaban J connectivity index is 0.851. The molecule has 6 heterocycles. The molecule has 83 heavy (non-hydrogen) atoms. The second-order valence-corrected chi connectivity index (χ2v) is 21.4. The Morgan fingerprint density at radius 3 is 1.69 bits per heavy atom. The largest absolute Gasteiger partial charge is 0.456 e. The highest BCUT2D eigenvalue weighted by Gasteiger charge is 2.25. The van der Waals surface area contributed by atoms with Crippen molar-refractivity contribution in [3.8, 4) is 67.8 Å². The Kier molecular flexibility index (Phi) is 9.64. The summed E-state index contributed by atoms with van der Waals surface area (Å²) in [4.78, 5) is 16.3. The van der Waals surface area contributed by atoms with Gasteiger partial charge in [-0.25, -0.2) is 4.98 Å². The van der Waals surface area contributed by atoms with Gasteiger partial charge >= 0.3 is 0 Å². The van der Waals surface area contributed by atoms with Gasteiger partial charge in [0.15, 0.2) is 11.6 Å². The molecule has 0 bridgehead atoms. The van der Waals surface area contributed by atoms with Crippen molar-refractivity contribution in [1.29, 1.82) is 0 Å². The summed E-state index contributed by atoms with van der Waals surface area (Å²) in [6.45, 7) is 0. The summed E-state index contributed by atoms with van der Waals surface area (Å²) in [6.07, 6.45) is 0. The Bertz CT molecular complexity index is 5710. The van der Waals surface area contributed by atoms with Gasteiger partial charge in [-0.1, -0.05) is 176 Å². The molecule has 12 aromatic carbocycles. The highest BCUT2D eigenvalue weighted by atomic mass is 16.3. The summed E-state index contributed by atoms with van der Waals surface area (Å²) in [5, 5.41) is 10.6. The molecule has 18 rings (SSSR count). The number of fused-ring (bicyclic) bond motifs is 15. The first kappa shape index (κ1) is 45.5. The number of hydrogen-bond donors (Lipinski definition) is 0. The maximum Gasteiger partial charge on any atom is 0.238 e. The summed E-state index contributed by atoms with van der Waals surface area (Å²) in [5.74, 6) is 1.52. The molecule has 0 unspecified atom stereocenters. The molecular weight excluding hydrogens is 1020 g/mol. The van der Waals surface area contributed by atoms with Gasteiger partial charge in [0.2, 0.25) is 5.95 Å². The van der Waals surface area contributed by atoms with Crippen molar-refractivity contribution in [3.05, 3.63) is 261 Å². The fourth-order valence-electron chi connectivity index (χ4n) is 13.1. The maximum absolute atomic E-state index is 7.04. The van der Waals surface area contributed by atoms with Crippen molar-refractivity contribution < 1.29 is 13.3 Å². The molecule has 18 aromatic rings. The molecule has 0 amide bonds. The lowest BCUT2D eigenvalue weighted by molar-refractivity contribution is 0.668. The molecular formula is C75H43N5O3. The molecule has 0 spiro atoms. The van der Waals surface area contributed by atoms with Gasteiger partial charge in [-0.3, -0.25) is 4.57 Å². The lowest BCUT2D eigenvalue weighted by Gasteiger charge is -2.13. The van der Waals surface area contributed by atoms with Crippen molar-refractivity contribution in [2.45, 2.75) is 0 Å². The van der Waals surface area contributed by atoms with Crippen LogP contribution in [0.3, 0.4) is 0 Å². The topological polar surface area (TPSA) is 88.0 Å². The minimum absolute atomic E-state index is 0.494. The van der Waals surface area contributed by atoms with Crippen LogP contribution in [0.5, 0.6) is 0 Å². The van der Waals surface area contributed by atoms with Crippen molar-refractivity contribution in [2.75, 3.05) is 0 Å². The Morgan fingerprint density at radius 1 is 0.265 bits per heavy atom. The third kappa shape index (κ3) is 6.84. The first-order valence-corrected chi connectivity index (χ1v) is 27.9. The molecule has 0 aliphatic carbocycles. The third-order valence-electron chi connectivity index (χ3n) is 16.8. The van der Waals surface area contributed by atoms with Gasteiger partial charge in [-0.15, -0.1) is 0 Å². The number of benzene rings is 12. The van der Waals surface area contributed by atoms with E-state index in [0.29, 0.717) is 17.6 Å². The molecule has 0 N–H and O–H groups in total. The normalized spacial score (nSPS) is 12.1. The van der Waals surface area contributed by atoms with Gasteiger partial charge in [-0.05, 0) is 107 Å². The van der Waals surface area contributed by atoms with E-state index in [-0.39, 0.29) is 0 Å². The van der Waals surface area contributed by atoms with E-state index in [4.69, 9.17) is 28.2 Å². The number of nitrogens with zero attached hydrogens (tertiary/aromatic N) is 5. The number of hydrogen-bond acceptors (Lipinski definition) is 6. The molecule has 386 valence electrons. The van der Waals surface area contributed by atoms with Crippen LogP contribution in [0.4, 0.5) is 0 Å². The third-order valence-corrected chi connectivity index (χ3v) is 16.8. The van der Waals surface area contributed by atoms with E-state index < -0.39 is 0 Å². The van der Waals surface area contributed by atoms with Gasteiger partial charge in [0.1, 0.15) is 33.5 Å². The fraction of sp³-hybridized carbons (Fsp3) is 0. The first-order chi connectivity index (χ1) is 41.1. The molecule has 6 aromatic heterocycles. The molecule has 0 fully saturated rings. The maximum atomic E-state index is 7.04. The van der Waals surface area contributed by atoms with E-state index in [1.807, 2.05) is 42.5 Å². The molecule has 8 heteroatoms. The number of furan rings is 3. The highest BCUT2D eigenvalue weighted by Crippen LogP contribution is 2.47. The van der Waals surface area contributed by atoms with Gasteiger partial charge in [0.25, 0.3) is 0 Å². The summed E-state index contributed by atoms with van der Waals surface area (Å²) in [7, 11) is 0. The van der Waals surface area contributed by atoms with Crippen LogP contribution in [-0.2, 0) is 0 Å². The predicted molar refractivity (Wildman–Crippen MR) is 338 cm³/mol. The first-order valence-electron chi connectivity index (χ1n) is 27.9. The van der Waals surface area contributed by atoms with E-state index in [0.717, 1.165) is 149 Å². The van der Waals surface area contributed by atoms with Gasteiger partial charge < -0.3 is 17.8 Å². The van der Waals surface area contributed by atoms with Crippen LogP contribution in [0.15, 0.2) is 274 Å². The van der Waals surface area contributed by atoms with Crippen molar-refractivity contribution >= 4 is 109 Å². The van der Waals surface area contributed by atoms with Crippen LogP contribution < -0.4 is 0 Å². The van der Waals surface area contributed by atoms with Crippen molar-refractivity contribution in [3.63, 3.8) is 0 Å². The standard InChI is InChI=1S/C75H43N5O3/c1-3-17-44(18-4-1)45-34-39-63-59(41-45)51-22-8-12-29-62(51)80(63)75-77-73(47-33-36-53-52-23-9-13-30-64(52)82-68(53)43-47)76-74(78-75)58-27-16-32-67-69(58)60-42-46(35-40-66(60)81-67)49-37-38-56(72-70(49)57-24-10-14-31-65(57)83-72)55-26-15-25-54-50-21-7-11-28-61(50)79(71(54)55)48-19-5-2-6-20-48/h1-43H. The highest BCUT2D eigenvalue weighted by molar-refractivity contribution is 6.21. The van der Waals surface area contributed by atoms with Crippen LogP contribution in [0.2, 0.25) is 0 Å². The summed E-state index contributed by atoms with van der Waals surface area (Å²) < 4.78 is 24.9. The average molecular weight is 1060 g/mol. The number of para-hydroxylation sites is 6. The van der Waals surface area contributed by atoms with Gasteiger partial charge in [0, 0.05) is 81.8 Å². The molecule has 0 aliphatic rings. The number of rotatable bonds is 7. The van der Waals surface area contributed by atoms with E-state index in [1.165, 1.54) is 10.8 Å². The molecule has 0 atom stereocenters. The summed E-state index contributed by atoms with van der Waals surface area (Å²) in [5.41, 5.74) is 18.1. The fourth-order valence-corrected chi connectivity index (χ4v) is 13.1. The predicted octanol–water partition coefficient (Wildman–Crippen LogP) is 20.1. The van der Waals surface area contributed by atoms with E-state index in [2.05, 4.69) is 228 Å². The van der Waals surface area contributed by atoms with Gasteiger partial charge in [-0.2, -0.15) is 9.97 Å². The molecule has 0 saturated carbocycles. The quantitative estimate of drug-likeness (QED) is 0.158. The zero-order valence-electron chi connectivity index (χ0n) is 44.3. The lowest BCUT2D eigenvalue weighted by atomic mass is 9.93. The van der Waals surface area contributed by atoms with Crippen molar-refractivity contribution in [1.82, 2.24) is 24.1 Å². The molecule has 0 aliphatic heterocycles. The van der Waals surface area contributed by atoms with Crippen LogP contribution in [0, 0.1) is 0 Å². The van der Waals surface area contributed by atoms with Crippen molar-refractivity contribution in [2.24, 2.45) is 0 Å². The van der Waals surface area contributed by atoms with E-state index >= 15 is 0 Å². The Hall–Kier alpha value is -11.4. The minimum atomic E-state index is 0.494. The minimum Gasteiger partial charge on any atom is -0.456 e. The summed E-state index contributed by atoms with van der Waals surface area (Å²) in [6, 6.07) is 91.4. The zero-order valence-corrected chi connectivity index (χ0v) is 44.3. The second kappa shape index (κ2) is 17.6. The lowest BCUT2D eigenvalue weighted by Crippen LogP contribution is -2.06. The van der Waals surface area contributed by atoms with Crippen LogP contribution in [0.25, 0.3) is 177 Å². The molecule has 0 saturated heterocycles.